The summed E-state index contributed by atoms with van der Waals surface area (Å²) < 4.78 is 55.2. The van der Waals surface area contributed by atoms with Crippen LogP contribution in [0.2, 0.25) is 0 Å². The van der Waals surface area contributed by atoms with Crippen molar-refractivity contribution in [2.24, 2.45) is 35.2 Å². The van der Waals surface area contributed by atoms with Crippen molar-refractivity contribution < 1.29 is 31.1 Å². The molecule has 410 valence electrons. The summed E-state index contributed by atoms with van der Waals surface area (Å²) in [5.74, 6) is 0. The quantitative estimate of drug-likeness (QED) is 0.153. The van der Waals surface area contributed by atoms with Gasteiger partial charge in [0.15, 0.2) is 31.0 Å². The van der Waals surface area contributed by atoms with Gasteiger partial charge in [-0.3, -0.25) is 0 Å². The molecule has 0 unspecified atom stereocenters. The zero-order chi connectivity index (χ0) is 63.5. The third kappa shape index (κ3) is 15.8. The van der Waals surface area contributed by atoms with Gasteiger partial charge in [-0.2, -0.15) is 0 Å². The molecule has 10 rings (SSSR count). The van der Waals surface area contributed by atoms with Crippen LogP contribution in [-0.2, 0) is 35.2 Å². The van der Waals surface area contributed by atoms with Gasteiger partial charge in [-0.05, 0) is 191 Å². The zero-order valence-corrected chi connectivity index (χ0v) is 51.1. The smallest absolute Gasteiger partial charge is 0.201 e. The monoisotopic (exact) mass is 1070 g/mol. The summed E-state index contributed by atoms with van der Waals surface area (Å²) in [5, 5.41) is 0. The fraction of sp³-hybridized carbons (Fsp3) is 0.267. The summed E-state index contributed by atoms with van der Waals surface area (Å²) in [6.45, 7) is 23.4. The maximum absolute atomic E-state index is 7.55. The number of pyridine rings is 5. The van der Waals surface area contributed by atoms with Crippen LogP contribution in [-0.4, -0.2) is 0 Å². The lowest BCUT2D eigenvalue weighted by Gasteiger charge is -2.07. The highest BCUT2D eigenvalue weighted by atomic mass is 14.9. The lowest BCUT2D eigenvalue weighted by Crippen LogP contribution is -2.31. The first-order valence-electron chi connectivity index (χ1n) is 30.6. The van der Waals surface area contributed by atoms with Gasteiger partial charge in [0.2, 0.25) is 28.5 Å². The second-order valence-electron chi connectivity index (χ2n) is 21.8. The second kappa shape index (κ2) is 27.6. The average Bonchev–Trinajstić information content (AvgIpc) is 2.40. The topological polar surface area (TPSA) is 19.4 Å². The van der Waals surface area contributed by atoms with Gasteiger partial charge in [-0.15, -0.1) is 0 Å². The largest absolute Gasteiger partial charge is 0.212 e. The van der Waals surface area contributed by atoms with Crippen LogP contribution in [0.25, 0.3) is 56.3 Å². The number of aromatic nitrogens is 5. The van der Waals surface area contributed by atoms with Gasteiger partial charge in [0.05, 0.1) is 0 Å². The van der Waals surface area contributed by atoms with E-state index in [1.807, 2.05) is 85.6 Å². The molecule has 0 aliphatic carbocycles. The van der Waals surface area contributed by atoms with Crippen molar-refractivity contribution in [2.75, 3.05) is 0 Å². The third-order valence-electron chi connectivity index (χ3n) is 15.0. The first kappa shape index (κ1) is 52.5. The van der Waals surface area contributed by atoms with E-state index >= 15 is 0 Å². The third-order valence-corrected chi connectivity index (χ3v) is 15.0. The van der Waals surface area contributed by atoms with Crippen molar-refractivity contribution in [3.63, 3.8) is 0 Å². The SMILES string of the molecule is Cc1cc(-c2ccccc2C)[n+](C)cc1C.Cc1ccc(-c2cc(C)c(C)c[n+]2C)c(C)c1.Cc1ccc(-c2ccc(C)c[n+]2C)c(C)c1.[2H]C([2H])([2H])c1c[n+](C)c(-c2ccccc2C)cc1C.[2H]C([2H])([2H])c1ccc(-c2ccccc2C)[n+](C)c1. The minimum Gasteiger partial charge on any atom is -0.201 e. The van der Waals surface area contributed by atoms with Crippen molar-refractivity contribution in [2.45, 2.75) is 104 Å². The first-order chi connectivity index (χ1) is 40.4. The molecule has 0 aliphatic rings. The van der Waals surface area contributed by atoms with Crippen molar-refractivity contribution in [1.29, 1.82) is 0 Å². The van der Waals surface area contributed by atoms with Crippen LogP contribution in [0.1, 0.15) is 91.7 Å². The molecular formula is C75H90N5+5. The lowest BCUT2D eigenvalue weighted by molar-refractivity contribution is -0.660. The van der Waals surface area contributed by atoms with Gasteiger partial charge >= 0.3 is 0 Å². The molecule has 0 spiro atoms. The minimum absolute atomic E-state index is 0.363. The molecule has 0 bridgehead atoms. The molecule has 0 radical (unpaired) electrons. The Balaban J connectivity index is 0.000000172. The summed E-state index contributed by atoms with van der Waals surface area (Å²) in [6.07, 6.45) is 9.94. The van der Waals surface area contributed by atoms with E-state index in [4.69, 9.17) is 8.22 Å². The summed E-state index contributed by atoms with van der Waals surface area (Å²) in [5.41, 5.74) is 29.3. The molecule has 5 nitrogen and oxygen atoms in total. The van der Waals surface area contributed by atoms with Gasteiger partial charge in [0.25, 0.3) is 0 Å². The summed E-state index contributed by atoms with van der Waals surface area (Å²) >= 11 is 0. The highest BCUT2D eigenvalue weighted by Gasteiger charge is 2.17. The Bertz CT molecular complexity index is 3970. The lowest BCUT2D eigenvalue weighted by atomic mass is 10.0. The van der Waals surface area contributed by atoms with E-state index in [-0.39, 0.29) is 0 Å². The van der Waals surface area contributed by atoms with Crippen LogP contribution in [0.3, 0.4) is 0 Å². The van der Waals surface area contributed by atoms with E-state index in [2.05, 4.69) is 227 Å². The van der Waals surface area contributed by atoms with Crippen molar-refractivity contribution in [1.82, 2.24) is 0 Å². The zero-order valence-electron chi connectivity index (χ0n) is 57.1. The Morgan fingerprint density at radius 3 is 0.887 bits per heavy atom. The molecule has 80 heavy (non-hydrogen) atoms. The van der Waals surface area contributed by atoms with E-state index in [0.29, 0.717) is 11.1 Å². The molecule has 0 saturated heterocycles. The summed E-state index contributed by atoms with van der Waals surface area (Å²) in [4.78, 5) is 0. The van der Waals surface area contributed by atoms with Crippen LogP contribution in [0, 0.1) is 104 Å². The molecule has 5 aromatic carbocycles. The minimum atomic E-state index is -2.06. The van der Waals surface area contributed by atoms with Crippen molar-refractivity contribution in [3.8, 4) is 56.3 Å². The Hall–Kier alpha value is -8.15. The van der Waals surface area contributed by atoms with Crippen LogP contribution < -0.4 is 22.8 Å². The van der Waals surface area contributed by atoms with E-state index in [9.17, 15) is 0 Å². The molecule has 5 heteroatoms. The van der Waals surface area contributed by atoms with E-state index in [1.54, 1.807) is 18.5 Å². The number of hydrogen-bond acceptors (Lipinski definition) is 0. The number of benzene rings is 5. The van der Waals surface area contributed by atoms with Gasteiger partial charge < -0.3 is 0 Å². The van der Waals surface area contributed by atoms with Crippen LogP contribution in [0.5, 0.6) is 0 Å². The maximum atomic E-state index is 7.55. The summed E-state index contributed by atoms with van der Waals surface area (Å²) in [6, 6.07) is 52.3. The molecule has 0 aliphatic heterocycles. The fourth-order valence-corrected chi connectivity index (χ4v) is 10.0. The molecule has 0 amide bonds. The van der Waals surface area contributed by atoms with Crippen molar-refractivity contribution in [3.05, 3.63) is 266 Å². The highest BCUT2D eigenvalue weighted by Crippen LogP contribution is 2.26. The number of hydrogen-bond donors (Lipinski definition) is 0. The molecule has 10 aromatic rings. The Morgan fingerprint density at radius 1 is 0.225 bits per heavy atom. The molecular weight excluding hydrogens is 971 g/mol. The predicted octanol–water partition coefficient (Wildman–Crippen LogP) is 15.5. The molecule has 0 N–H and O–H groups in total. The fourth-order valence-electron chi connectivity index (χ4n) is 10.0. The van der Waals surface area contributed by atoms with E-state index in [1.165, 1.54) is 101 Å². The maximum Gasteiger partial charge on any atom is 0.212 e. The van der Waals surface area contributed by atoms with E-state index in [0.717, 1.165) is 28.1 Å². The van der Waals surface area contributed by atoms with Crippen LogP contribution in [0.4, 0.5) is 0 Å². The van der Waals surface area contributed by atoms with Gasteiger partial charge in [0.1, 0.15) is 35.2 Å². The Labute approximate surface area is 490 Å². The van der Waals surface area contributed by atoms with Gasteiger partial charge in [0, 0.05) is 94.2 Å². The average molecular weight is 1070 g/mol. The normalized spacial score (nSPS) is 11.9. The van der Waals surface area contributed by atoms with Crippen LogP contribution >= 0.6 is 0 Å². The van der Waals surface area contributed by atoms with E-state index < -0.39 is 13.7 Å². The molecule has 0 saturated carbocycles. The first-order valence-corrected chi connectivity index (χ1v) is 27.6. The summed E-state index contributed by atoms with van der Waals surface area (Å²) in [7, 11) is 10.1. The number of aryl methyl sites for hydroxylation is 20. The highest BCUT2D eigenvalue weighted by molar-refractivity contribution is 5.65. The van der Waals surface area contributed by atoms with Crippen molar-refractivity contribution >= 4 is 0 Å². The van der Waals surface area contributed by atoms with Gasteiger partial charge in [-0.25, -0.2) is 22.8 Å². The number of nitrogens with zero attached hydrogens (tertiary/aromatic N) is 5. The molecule has 5 heterocycles. The predicted molar refractivity (Wildman–Crippen MR) is 336 cm³/mol. The molecule has 0 fully saturated rings. The standard InChI is InChI=1S/C16H20N.3C15H18N.C14H16N/c1-11-6-7-15(13(3)8-11)16-9-12(2)14(4)10-17(16)5;1-11-5-7-14(13(3)9-11)15-8-6-12(2)10-16(15)4;2*1-11-7-5-6-8-14(11)15-9-12(2)13(3)10-16(15)4;1-11-8-9-14(15(3)10-11)13-7-5-4-6-12(13)2/h6-10H,1-5H3;3*5-10H,1-4H3;4-10H,1-3H3/q5*+1/i;;3D3;;1D3. The number of rotatable bonds is 5. The molecule has 5 aromatic heterocycles. The van der Waals surface area contributed by atoms with Crippen LogP contribution in [0.15, 0.2) is 183 Å². The Kier molecular flexibility index (Phi) is 18.1. The second-order valence-corrected chi connectivity index (χ2v) is 21.8. The Morgan fingerprint density at radius 2 is 0.525 bits per heavy atom. The molecule has 0 atom stereocenters. The van der Waals surface area contributed by atoms with Gasteiger partial charge in [-0.1, -0.05) is 90.0 Å².